The minimum atomic E-state index is -1.04. The number of benzene rings is 4. The molecule has 0 spiro atoms. The van der Waals surface area contributed by atoms with Gasteiger partial charge in [0.2, 0.25) is 5.91 Å². The highest BCUT2D eigenvalue weighted by atomic mass is 32.2. The predicted octanol–water partition coefficient (Wildman–Crippen LogP) is 5.39. The highest BCUT2D eigenvalue weighted by Crippen LogP contribution is 2.15. The molecule has 0 bridgehead atoms. The Labute approximate surface area is 255 Å². The number of hydrogen-bond acceptors (Lipinski definition) is 7. The van der Waals surface area contributed by atoms with E-state index in [0.717, 1.165) is 16.7 Å². The van der Waals surface area contributed by atoms with E-state index in [0.29, 0.717) is 11.3 Å². The van der Waals surface area contributed by atoms with Crippen LogP contribution in [0.5, 0.6) is 5.75 Å². The second-order valence-corrected chi connectivity index (χ2v) is 10.8. The summed E-state index contributed by atoms with van der Waals surface area (Å²) in [5.74, 6) is -0.205. The molecule has 4 aromatic carbocycles. The molecular formula is C34H34N2O6S. The number of amides is 2. The second-order valence-electron chi connectivity index (χ2n) is 9.78. The molecule has 0 aliphatic rings. The van der Waals surface area contributed by atoms with Crippen LogP contribution in [0.3, 0.4) is 0 Å². The highest BCUT2D eigenvalue weighted by molar-refractivity contribution is 7.98. The molecule has 8 nitrogen and oxygen atoms in total. The molecule has 0 radical (unpaired) electrons. The van der Waals surface area contributed by atoms with Crippen LogP contribution in [0.4, 0.5) is 4.79 Å². The predicted molar refractivity (Wildman–Crippen MR) is 166 cm³/mol. The monoisotopic (exact) mass is 598 g/mol. The van der Waals surface area contributed by atoms with Crippen LogP contribution in [0.2, 0.25) is 0 Å². The average molecular weight is 599 g/mol. The van der Waals surface area contributed by atoms with Crippen molar-refractivity contribution in [3.63, 3.8) is 0 Å². The summed E-state index contributed by atoms with van der Waals surface area (Å²) >= 11 is 1.47. The van der Waals surface area contributed by atoms with Crippen molar-refractivity contribution >= 4 is 29.7 Å². The SMILES string of the molecule is O=C(N[C@@H](CSCc1ccccc1)C(=O)N[C@@H](Cc1ccc(O)cc1)C(=O)OCc1ccccc1)OCc1ccccc1. The number of phenols is 1. The van der Waals surface area contributed by atoms with Crippen molar-refractivity contribution in [2.24, 2.45) is 0 Å². The first kappa shape index (κ1) is 31.2. The lowest BCUT2D eigenvalue weighted by Gasteiger charge is -2.23. The van der Waals surface area contributed by atoms with Gasteiger partial charge in [0.1, 0.15) is 31.0 Å². The van der Waals surface area contributed by atoms with Crippen molar-refractivity contribution < 1.29 is 29.0 Å². The maximum atomic E-state index is 13.6. The number of nitrogens with one attached hydrogen (secondary N) is 2. The molecule has 4 rings (SSSR count). The number of hydrogen-bond donors (Lipinski definition) is 3. The van der Waals surface area contributed by atoms with Gasteiger partial charge in [-0.25, -0.2) is 9.59 Å². The van der Waals surface area contributed by atoms with Gasteiger partial charge in [0.25, 0.3) is 0 Å². The third-order valence-electron chi connectivity index (χ3n) is 6.42. The molecule has 0 saturated heterocycles. The van der Waals surface area contributed by atoms with Crippen molar-refractivity contribution in [3.8, 4) is 5.75 Å². The summed E-state index contributed by atoms with van der Waals surface area (Å²) in [6, 6.07) is 32.6. The smallest absolute Gasteiger partial charge is 0.408 e. The van der Waals surface area contributed by atoms with Gasteiger partial charge in [-0.05, 0) is 34.4 Å². The van der Waals surface area contributed by atoms with E-state index in [-0.39, 0.29) is 31.1 Å². The Morgan fingerprint density at radius 2 is 1.16 bits per heavy atom. The fourth-order valence-corrected chi connectivity index (χ4v) is 5.14. The molecule has 0 fully saturated rings. The van der Waals surface area contributed by atoms with Gasteiger partial charge < -0.3 is 25.2 Å². The number of carbonyl (C=O) groups excluding carboxylic acids is 3. The molecule has 0 unspecified atom stereocenters. The van der Waals surface area contributed by atoms with Crippen molar-refractivity contribution in [1.29, 1.82) is 0 Å². The van der Waals surface area contributed by atoms with Crippen LogP contribution in [0.25, 0.3) is 0 Å². The van der Waals surface area contributed by atoms with Gasteiger partial charge in [-0.15, -0.1) is 0 Å². The Morgan fingerprint density at radius 3 is 1.74 bits per heavy atom. The summed E-state index contributed by atoms with van der Waals surface area (Å²) in [5, 5.41) is 15.1. The van der Waals surface area contributed by atoms with E-state index >= 15 is 0 Å². The number of carbonyl (C=O) groups is 3. The molecule has 0 heterocycles. The van der Waals surface area contributed by atoms with Gasteiger partial charge in [-0.2, -0.15) is 11.8 Å². The number of phenolic OH excluding ortho intramolecular Hbond substituents is 1. The number of esters is 1. The van der Waals surface area contributed by atoms with Gasteiger partial charge in [0, 0.05) is 17.9 Å². The molecule has 4 aromatic rings. The maximum Gasteiger partial charge on any atom is 0.408 e. The van der Waals surface area contributed by atoms with Crippen molar-refractivity contribution in [2.45, 2.75) is 37.5 Å². The second kappa shape index (κ2) is 16.6. The molecule has 9 heteroatoms. The van der Waals surface area contributed by atoms with E-state index in [1.807, 2.05) is 91.0 Å². The molecule has 2 amide bonds. The largest absolute Gasteiger partial charge is 0.508 e. The van der Waals surface area contributed by atoms with E-state index in [1.54, 1.807) is 12.1 Å². The average Bonchev–Trinajstić information content (AvgIpc) is 3.04. The Bertz CT molecular complexity index is 1440. The van der Waals surface area contributed by atoms with Crippen LogP contribution in [0, 0.1) is 0 Å². The lowest BCUT2D eigenvalue weighted by Crippen LogP contribution is -2.53. The summed E-state index contributed by atoms with van der Waals surface area (Å²) in [5.41, 5.74) is 3.41. The van der Waals surface area contributed by atoms with Crippen LogP contribution in [-0.2, 0) is 44.5 Å². The normalized spacial score (nSPS) is 12.0. The first-order chi connectivity index (χ1) is 21.0. The molecule has 43 heavy (non-hydrogen) atoms. The van der Waals surface area contributed by atoms with Crippen molar-refractivity contribution in [1.82, 2.24) is 10.6 Å². The third-order valence-corrected chi connectivity index (χ3v) is 7.52. The molecule has 222 valence electrons. The summed E-state index contributed by atoms with van der Waals surface area (Å²) in [6.07, 6.45) is -0.617. The highest BCUT2D eigenvalue weighted by Gasteiger charge is 2.28. The number of rotatable bonds is 14. The topological polar surface area (TPSA) is 114 Å². The molecule has 0 saturated carbocycles. The lowest BCUT2D eigenvalue weighted by atomic mass is 10.1. The Balaban J connectivity index is 1.45. The van der Waals surface area contributed by atoms with Gasteiger partial charge in [-0.3, -0.25) is 4.79 Å². The molecule has 2 atom stereocenters. The lowest BCUT2D eigenvalue weighted by molar-refractivity contribution is -0.149. The zero-order chi connectivity index (χ0) is 30.3. The van der Waals surface area contributed by atoms with E-state index in [4.69, 9.17) is 9.47 Å². The van der Waals surface area contributed by atoms with Crippen molar-refractivity contribution in [2.75, 3.05) is 5.75 Å². The zero-order valence-electron chi connectivity index (χ0n) is 23.6. The van der Waals surface area contributed by atoms with Crippen LogP contribution in [0.15, 0.2) is 115 Å². The van der Waals surface area contributed by atoms with Crippen LogP contribution in [-0.4, -0.2) is 40.9 Å². The summed E-state index contributed by atoms with van der Waals surface area (Å²) in [6.45, 7) is 0.0928. The van der Waals surface area contributed by atoms with Gasteiger partial charge in [-0.1, -0.05) is 103 Å². The Morgan fingerprint density at radius 1 is 0.628 bits per heavy atom. The molecular weight excluding hydrogens is 564 g/mol. The van der Waals surface area contributed by atoms with Gasteiger partial charge in [0.15, 0.2) is 0 Å². The maximum absolute atomic E-state index is 13.6. The minimum absolute atomic E-state index is 0.0437. The molecule has 0 aliphatic heterocycles. The number of thioether (sulfide) groups is 1. The van der Waals surface area contributed by atoms with Crippen LogP contribution >= 0.6 is 11.8 Å². The fourth-order valence-electron chi connectivity index (χ4n) is 4.12. The van der Waals surface area contributed by atoms with Crippen LogP contribution < -0.4 is 10.6 Å². The summed E-state index contributed by atoms with van der Waals surface area (Å²) in [4.78, 5) is 39.5. The number of aromatic hydroxyl groups is 1. The Hall–Kier alpha value is -4.76. The van der Waals surface area contributed by atoms with Gasteiger partial charge >= 0.3 is 12.1 Å². The van der Waals surface area contributed by atoms with E-state index in [2.05, 4.69) is 10.6 Å². The quantitative estimate of drug-likeness (QED) is 0.167. The van der Waals surface area contributed by atoms with E-state index in [9.17, 15) is 19.5 Å². The summed E-state index contributed by atoms with van der Waals surface area (Å²) in [7, 11) is 0. The number of alkyl carbamates (subject to hydrolysis) is 1. The standard InChI is InChI=1S/C34H34N2O6S/c37-29-18-16-25(17-19-29)20-30(33(39)41-21-26-10-4-1-5-11-26)35-32(38)31(24-43-23-28-14-8-3-9-15-28)36-34(40)42-22-27-12-6-2-7-13-27/h1-19,30-31,37H,20-24H2,(H,35,38)(H,36,40)/t30-,31-/m0/s1. The summed E-state index contributed by atoms with van der Waals surface area (Å²) < 4.78 is 10.9. The third kappa shape index (κ3) is 10.9. The minimum Gasteiger partial charge on any atom is -0.508 e. The molecule has 0 aliphatic carbocycles. The van der Waals surface area contributed by atoms with Gasteiger partial charge in [0.05, 0.1) is 0 Å². The first-order valence-corrected chi connectivity index (χ1v) is 15.0. The number of ether oxygens (including phenoxy) is 2. The molecule has 0 aromatic heterocycles. The van der Waals surface area contributed by atoms with Crippen molar-refractivity contribution in [3.05, 3.63) is 138 Å². The van der Waals surface area contributed by atoms with E-state index < -0.39 is 30.1 Å². The van der Waals surface area contributed by atoms with E-state index in [1.165, 1.54) is 23.9 Å². The van der Waals surface area contributed by atoms with Crippen LogP contribution in [0.1, 0.15) is 22.3 Å². The molecule has 3 N–H and O–H groups in total. The fraction of sp³-hybridized carbons (Fsp3) is 0.206. The first-order valence-electron chi connectivity index (χ1n) is 13.8. The zero-order valence-corrected chi connectivity index (χ0v) is 24.4. The Kier molecular flexibility index (Phi) is 12.1.